The number of non-ortho nitro benzene ring substituents is 1. The first-order valence-corrected chi connectivity index (χ1v) is 6.34. The van der Waals surface area contributed by atoms with Gasteiger partial charge in [-0.05, 0) is 23.8 Å². The number of benzene rings is 2. The van der Waals surface area contributed by atoms with Crippen LogP contribution in [-0.2, 0) is 6.54 Å². The fourth-order valence-electron chi connectivity index (χ4n) is 1.70. The van der Waals surface area contributed by atoms with Gasteiger partial charge in [0.05, 0.1) is 26.7 Å². The van der Waals surface area contributed by atoms with Crippen LogP contribution >= 0.6 is 23.2 Å². The molecule has 2 rings (SSSR count). The number of anilines is 1. The molecule has 0 fully saturated rings. The van der Waals surface area contributed by atoms with E-state index < -0.39 is 10.7 Å². The van der Waals surface area contributed by atoms with E-state index in [1.54, 1.807) is 18.2 Å². The molecule has 0 unspecified atom stereocenters. The molecular weight excluding hydrogens is 306 g/mol. The van der Waals surface area contributed by atoms with E-state index in [1.165, 1.54) is 12.1 Å². The van der Waals surface area contributed by atoms with Gasteiger partial charge in [0.25, 0.3) is 5.69 Å². The minimum absolute atomic E-state index is 0.169. The number of nitro groups is 1. The van der Waals surface area contributed by atoms with Crippen molar-refractivity contribution in [3.63, 3.8) is 0 Å². The molecule has 1 N–H and O–H groups in total. The van der Waals surface area contributed by atoms with Crippen LogP contribution in [0.1, 0.15) is 5.56 Å². The average Bonchev–Trinajstić information content (AvgIpc) is 2.37. The number of nitrogens with zero attached hydrogens (tertiary/aromatic N) is 1. The Morgan fingerprint density at radius 3 is 2.45 bits per heavy atom. The Balaban J connectivity index is 2.21. The molecule has 0 amide bonds. The predicted octanol–water partition coefficient (Wildman–Crippen LogP) is 4.65. The number of hydrogen-bond donors (Lipinski definition) is 1. The molecule has 7 heteroatoms. The number of nitrogens with one attached hydrogen (secondary N) is 1. The summed E-state index contributed by atoms with van der Waals surface area (Å²) in [5, 5.41) is 14.4. The molecule has 2 aromatic rings. The van der Waals surface area contributed by atoms with Gasteiger partial charge in [-0.1, -0.05) is 29.3 Å². The molecule has 0 bridgehead atoms. The average molecular weight is 315 g/mol. The van der Waals surface area contributed by atoms with Crippen LogP contribution in [0.15, 0.2) is 36.4 Å². The van der Waals surface area contributed by atoms with Crippen LogP contribution in [-0.4, -0.2) is 4.92 Å². The van der Waals surface area contributed by atoms with Crippen molar-refractivity contribution in [3.8, 4) is 0 Å². The molecule has 20 heavy (non-hydrogen) atoms. The van der Waals surface area contributed by atoms with Crippen molar-refractivity contribution in [2.45, 2.75) is 6.54 Å². The summed E-state index contributed by atoms with van der Waals surface area (Å²) in [6.07, 6.45) is 0. The molecular formula is C13H9Cl2FN2O2. The summed E-state index contributed by atoms with van der Waals surface area (Å²) >= 11 is 12.0. The zero-order valence-electron chi connectivity index (χ0n) is 10.1. The molecule has 0 aliphatic rings. The molecule has 0 saturated carbocycles. The second-order valence-electron chi connectivity index (χ2n) is 4.02. The molecule has 0 aliphatic heterocycles. The monoisotopic (exact) mass is 314 g/mol. The maximum atomic E-state index is 13.3. The molecule has 0 atom stereocenters. The lowest BCUT2D eigenvalue weighted by molar-refractivity contribution is -0.385. The fraction of sp³-hybridized carbons (Fsp3) is 0.0769. The normalized spacial score (nSPS) is 10.3. The molecule has 0 heterocycles. The van der Waals surface area contributed by atoms with Crippen molar-refractivity contribution in [2.24, 2.45) is 0 Å². The maximum Gasteiger partial charge on any atom is 0.272 e. The van der Waals surface area contributed by atoms with Gasteiger partial charge in [-0.2, -0.15) is 0 Å². The Labute approximate surface area is 124 Å². The molecule has 104 valence electrons. The summed E-state index contributed by atoms with van der Waals surface area (Å²) in [6, 6.07) is 8.38. The van der Waals surface area contributed by atoms with Crippen molar-refractivity contribution in [3.05, 3.63) is 67.9 Å². The van der Waals surface area contributed by atoms with Crippen molar-refractivity contribution < 1.29 is 9.31 Å². The Hall–Kier alpha value is -1.85. The number of nitro benzene ring substituents is 1. The summed E-state index contributed by atoms with van der Waals surface area (Å²) < 4.78 is 13.3. The second-order valence-corrected chi connectivity index (χ2v) is 4.84. The smallest absolute Gasteiger partial charge is 0.272 e. The molecule has 2 aromatic carbocycles. The minimum Gasteiger partial charge on any atom is -0.379 e. The number of rotatable bonds is 4. The lowest BCUT2D eigenvalue weighted by atomic mass is 10.2. The van der Waals surface area contributed by atoms with Crippen LogP contribution in [0.25, 0.3) is 0 Å². The predicted molar refractivity (Wildman–Crippen MR) is 76.8 cm³/mol. The third-order valence-electron chi connectivity index (χ3n) is 2.59. The highest BCUT2D eigenvalue weighted by atomic mass is 35.5. The molecule has 0 aliphatic carbocycles. The summed E-state index contributed by atoms with van der Waals surface area (Å²) in [6.45, 7) is 0.169. The van der Waals surface area contributed by atoms with E-state index in [0.29, 0.717) is 21.3 Å². The van der Waals surface area contributed by atoms with Crippen LogP contribution in [0.4, 0.5) is 15.8 Å². The number of para-hydroxylation sites is 1. The molecule has 0 aromatic heterocycles. The SMILES string of the molecule is O=[N+]([O-])c1cc(F)cc(CNc2c(Cl)cccc2Cl)c1. The zero-order valence-corrected chi connectivity index (χ0v) is 11.6. The van der Waals surface area contributed by atoms with Gasteiger partial charge >= 0.3 is 0 Å². The van der Waals surface area contributed by atoms with Gasteiger partial charge in [0.15, 0.2) is 0 Å². The van der Waals surface area contributed by atoms with Crippen molar-refractivity contribution in [1.29, 1.82) is 0 Å². The minimum atomic E-state index is -0.666. The first kappa shape index (κ1) is 14.6. The van der Waals surface area contributed by atoms with E-state index >= 15 is 0 Å². The first-order chi connectivity index (χ1) is 9.47. The lowest BCUT2D eigenvalue weighted by Gasteiger charge is -2.10. The van der Waals surface area contributed by atoms with Crippen LogP contribution in [0.5, 0.6) is 0 Å². The van der Waals surface area contributed by atoms with Gasteiger partial charge in [0.1, 0.15) is 5.82 Å². The summed E-state index contributed by atoms with van der Waals surface area (Å²) in [5.74, 6) is -0.666. The largest absolute Gasteiger partial charge is 0.379 e. The van der Waals surface area contributed by atoms with Crippen LogP contribution in [0.3, 0.4) is 0 Å². The third-order valence-corrected chi connectivity index (χ3v) is 3.22. The Bertz CT molecular complexity index is 645. The van der Waals surface area contributed by atoms with Crippen molar-refractivity contribution in [2.75, 3.05) is 5.32 Å². The standard InChI is InChI=1S/C13H9Cl2FN2O2/c14-11-2-1-3-12(15)13(11)17-7-8-4-9(16)6-10(5-8)18(19)20/h1-6,17H,7H2. The van der Waals surface area contributed by atoms with Gasteiger partial charge in [-0.25, -0.2) is 4.39 Å². The van der Waals surface area contributed by atoms with E-state index in [4.69, 9.17) is 23.2 Å². The molecule has 4 nitrogen and oxygen atoms in total. The second kappa shape index (κ2) is 6.07. The van der Waals surface area contributed by atoms with Crippen molar-refractivity contribution >= 4 is 34.6 Å². The van der Waals surface area contributed by atoms with Crippen LogP contribution < -0.4 is 5.32 Å². The van der Waals surface area contributed by atoms with Crippen LogP contribution in [0.2, 0.25) is 10.0 Å². The highest BCUT2D eigenvalue weighted by Crippen LogP contribution is 2.30. The van der Waals surface area contributed by atoms with Gasteiger partial charge < -0.3 is 5.32 Å². The highest BCUT2D eigenvalue weighted by molar-refractivity contribution is 6.39. The number of halogens is 3. The Kier molecular flexibility index (Phi) is 4.42. The fourth-order valence-corrected chi connectivity index (χ4v) is 2.23. The first-order valence-electron chi connectivity index (χ1n) is 5.59. The topological polar surface area (TPSA) is 55.2 Å². The summed E-state index contributed by atoms with van der Waals surface area (Å²) in [5.41, 5.74) is 0.627. The third kappa shape index (κ3) is 3.37. The molecule has 0 spiro atoms. The van der Waals surface area contributed by atoms with Gasteiger partial charge in [-0.3, -0.25) is 10.1 Å². The van der Waals surface area contributed by atoms with Crippen molar-refractivity contribution in [1.82, 2.24) is 0 Å². The zero-order chi connectivity index (χ0) is 14.7. The van der Waals surface area contributed by atoms with Gasteiger partial charge in [0.2, 0.25) is 0 Å². The van der Waals surface area contributed by atoms with Crippen LogP contribution in [0, 0.1) is 15.9 Å². The summed E-state index contributed by atoms with van der Waals surface area (Å²) in [7, 11) is 0. The van der Waals surface area contributed by atoms with E-state index in [-0.39, 0.29) is 12.2 Å². The molecule has 0 radical (unpaired) electrons. The van der Waals surface area contributed by atoms with E-state index in [2.05, 4.69) is 5.32 Å². The van der Waals surface area contributed by atoms with E-state index in [1.807, 2.05) is 0 Å². The highest BCUT2D eigenvalue weighted by Gasteiger charge is 2.11. The summed E-state index contributed by atoms with van der Waals surface area (Å²) in [4.78, 5) is 10.0. The Morgan fingerprint density at radius 1 is 1.20 bits per heavy atom. The Morgan fingerprint density at radius 2 is 1.85 bits per heavy atom. The maximum absolute atomic E-state index is 13.3. The lowest BCUT2D eigenvalue weighted by Crippen LogP contribution is -2.02. The van der Waals surface area contributed by atoms with Gasteiger partial charge in [0, 0.05) is 12.6 Å². The quantitative estimate of drug-likeness (QED) is 0.660. The molecule has 0 saturated heterocycles. The van der Waals surface area contributed by atoms with Gasteiger partial charge in [-0.15, -0.1) is 0 Å². The van der Waals surface area contributed by atoms with E-state index in [0.717, 1.165) is 6.07 Å². The van der Waals surface area contributed by atoms with E-state index in [9.17, 15) is 14.5 Å². The number of hydrogen-bond acceptors (Lipinski definition) is 3.